The van der Waals surface area contributed by atoms with E-state index in [4.69, 9.17) is 0 Å². The van der Waals surface area contributed by atoms with E-state index in [0.717, 1.165) is 15.7 Å². The SMILES string of the molecule is CC(C)(C)c1ccccc1NC(=O)NCCCN1C(=O)c2ccc(Br)cc2C1=O. The molecule has 0 fully saturated rings. The number of urea groups is 1. The molecule has 152 valence electrons. The van der Waals surface area contributed by atoms with Gasteiger partial charge in [0.25, 0.3) is 11.8 Å². The van der Waals surface area contributed by atoms with Crippen LogP contribution in [0.25, 0.3) is 0 Å². The van der Waals surface area contributed by atoms with Crippen molar-refractivity contribution in [2.24, 2.45) is 0 Å². The fourth-order valence-electron chi connectivity index (χ4n) is 3.32. The first-order valence-electron chi connectivity index (χ1n) is 9.48. The Labute approximate surface area is 178 Å². The average molecular weight is 458 g/mol. The summed E-state index contributed by atoms with van der Waals surface area (Å²) < 4.78 is 0.758. The molecule has 2 aromatic carbocycles. The Hall–Kier alpha value is -2.67. The van der Waals surface area contributed by atoms with Crippen molar-refractivity contribution in [3.8, 4) is 0 Å². The summed E-state index contributed by atoms with van der Waals surface area (Å²) in [7, 11) is 0. The summed E-state index contributed by atoms with van der Waals surface area (Å²) >= 11 is 3.32. The molecule has 0 atom stereocenters. The predicted octanol–water partition coefficient (Wildman–Crippen LogP) is 4.55. The van der Waals surface area contributed by atoms with Gasteiger partial charge in [-0.15, -0.1) is 0 Å². The zero-order valence-electron chi connectivity index (χ0n) is 16.7. The van der Waals surface area contributed by atoms with Crippen molar-refractivity contribution in [3.05, 3.63) is 63.6 Å². The summed E-state index contributed by atoms with van der Waals surface area (Å²) in [5.74, 6) is -0.587. The van der Waals surface area contributed by atoms with Crippen LogP contribution in [-0.4, -0.2) is 35.8 Å². The Balaban J connectivity index is 1.51. The van der Waals surface area contributed by atoms with E-state index in [2.05, 4.69) is 47.3 Å². The number of carbonyl (C=O) groups excluding carboxylic acids is 3. The van der Waals surface area contributed by atoms with Crippen molar-refractivity contribution in [2.45, 2.75) is 32.6 Å². The molecule has 1 aliphatic rings. The van der Waals surface area contributed by atoms with Crippen LogP contribution in [0, 0.1) is 0 Å². The highest BCUT2D eigenvalue weighted by Crippen LogP contribution is 2.29. The minimum absolute atomic E-state index is 0.0929. The number of rotatable bonds is 5. The lowest BCUT2D eigenvalue weighted by Gasteiger charge is -2.23. The summed E-state index contributed by atoms with van der Waals surface area (Å²) in [6.07, 6.45) is 0.473. The summed E-state index contributed by atoms with van der Waals surface area (Å²) in [5.41, 5.74) is 2.55. The average Bonchev–Trinajstić information content (AvgIpc) is 2.88. The van der Waals surface area contributed by atoms with Crippen LogP contribution in [0.2, 0.25) is 0 Å². The molecule has 7 heteroatoms. The van der Waals surface area contributed by atoms with E-state index in [1.807, 2.05) is 24.3 Å². The minimum Gasteiger partial charge on any atom is -0.338 e. The maximum absolute atomic E-state index is 12.4. The summed E-state index contributed by atoms with van der Waals surface area (Å²) in [6, 6.07) is 12.4. The van der Waals surface area contributed by atoms with Crippen molar-refractivity contribution < 1.29 is 14.4 Å². The minimum atomic E-state index is -0.312. The van der Waals surface area contributed by atoms with Crippen LogP contribution in [0.5, 0.6) is 0 Å². The number of para-hydroxylation sites is 1. The van der Waals surface area contributed by atoms with Gasteiger partial charge >= 0.3 is 6.03 Å². The number of anilines is 1. The first kappa shape index (κ1) is 21.0. The molecule has 0 aliphatic carbocycles. The van der Waals surface area contributed by atoms with E-state index in [0.29, 0.717) is 24.1 Å². The third kappa shape index (κ3) is 4.67. The Kier molecular flexibility index (Phi) is 6.07. The number of nitrogens with one attached hydrogen (secondary N) is 2. The fraction of sp³-hybridized carbons (Fsp3) is 0.318. The molecule has 0 saturated carbocycles. The van der Waals surface area contributed by atoms with Crippen LogP contribution in [0.4, 0.5) is 10.5 Å². The molecule has 0 radical (unpaired) electrons. The number of fused-ring (bicyclic) bond motifs is 1. The highest BCUT2D eigenvalue weighted by molar-refractivity contribution is 9.10. The van der Waals surface area contributed by atoms with Crippen LogP contribution in [0.1, 0.15) is 53.5 Å². The lowest BCUT2D eigenvalue weighted by Crippen LogP contribution is -2.35. The van der Waals surface area contributed by atoms with Crippen molar-refractivity contribution in [1.29, 1.82) is 0 Å². The zero-order valence-corrected chi connectivity index (χ0v) is 18.3. The lowest BCUT2D eigenvalue weighted by molar-refractivity contribution is 0.0653. The lowest BCUT2D eigenvalue weighted by atomic mass is 9.86. The van der Waals surface area contributed by atoms with E-state index in [1.54, 1.807) is 18.2 Å². The molecule has 0 bridgehead atoms. The largest absolute Gasteiger partial charge is 0.338 e. The van der Waals surface area contributed by atoms with Gasteiger partial charge in [-0.05, 0) is 41.7 Å². The molecule has 0 spiro atoms. The number of halogens is 1. The molecule has 1 heterocycles. The van der Waals surface area contributed by atoms with Gasteiger partial charge in [-0.1, -0.05) is 54.9 Å². The van der Waals surface area contributed by atoms with Gasteiger partial charge in [-0.2, -0.15) is 0 Å². The maximum atomic E-state index is 12.4. The van der Waals surface area contributed by atoms with Crippen molar-refractivity contribution in [1.82, 2.24) is 10.2 Å². The Bertz CT molecular complexity index is 966. The molecule has 1 aliphatic heterocycles. The van der Waals surface area contributed by atoms with Gasteiger partial charge in [0.2, 0.25) is 0 Å². The number of hydrogen-bond donors (Lipinski definition) is 2. The summed E-state index contributed by atoms with van der Waals surface area (Å²) in [4.78, 5) is 38.3. The molecule has 6 nitrogen and oxygen atoms in total. The van der Waals surface area contributed by atoms with E-state index in [9.17, 15) is 14.4 Å². The van der Waals surface area contributed by atoms with Crippen molar-refractivity contribution in [2.75, 3.05) is 18.4 Å². The standard InChI is InChI=1S/C22H24BrN3O3/c1-22(2,3)17-7-4-5-8-18(17)25-21(29)24-11-6-12-26-19(27)15-10-9-14(23)13-16(15)20(26)28/h4-5,7-10,13H,6,11-12H2,1-3H3,(H2,24,25,29). The molecular weight excluding hydrogens is 434 g/mol. The number of amides is 4. The van der Waals surface area contributed by atoms with Crippen LogP contribution in [0.15, 0.2) is 46.9 Å². The van der Waals surface area contributed by atoms with Gasteiger partial charge in [0.1, 0.15) is 0 Å². The van der Waals surface area contributed by atoms with E-state index < -0.39 is 0 Å². The number of imide groups is 1. The van der Waals surface area contributed by atoms with Crippen LogP contribution in [-0.2, 0) is 5.41 Å². The van der Waals surface area contributed by atoms with Gasteiger partial charge in [0.05, 0.1) is 11.1 Å². The third-order valence-corrected chi connectivity index (χ3v) is 5.25. The summed E-state index contributed by atoms with van der Waals surface area (Å²) in [6.45, 7) is 6.87. The maximum Gasteiger partial charge on any atom is 0.319 e. The third-order valence-electron chi connectivity index (χ3n) is 4.76. The molecule has 3 rings (SSSR count). The normalized spacial score (nSPS) is 13.4. The van der Waals surface area contributed by atoms with Crippen LogP contribution < -0.4 is 10.6 Å². The molecule has 4 amide bonds. The van der Waals surface area contributed by atoms with Gasteiger partial charge in [0, 0.05) is 23.2 Å². The molecule has 0 saturated heterocycles. The van der Waals surface area contributed by atoms with Gasteiger partial charge in [0.15, 0.2) is 0 Å². The van der Waals surface area contributed by atoms with E-state index in [1.165, 1.54) is 4.90 Å². The molecule has 0 aromatic heterocycles. The smallest absolute Gasteiger partial charge is 0.319 e. The monoisotopic (exact) mass is 457 g/mol. The Morgan fingerprint density at radius 3 is 2.45 bits per heavy atom. The highest BCUT2D eigenvalue weighted by Gasteiger charge is 2.35. The van der Waals surface area contributed by atoms with Gasteiger partial charge < -0.3 is 10.6 Å². The second-order valence-electron chi connectivity index (χ2n) is 7.98. The molecular formula is C22H24BrN3O3. The van der Waals surface area contributed by atoms with Crippen LogP contribution in [0.3, 0.4) is 0 Å². The molecule has 2 N–H and O–H groups in total. The Morgan fingerprint density at radius 2 is 1.72 bits per heavy atom. The van der Waals surface area contributed by atoms with Crippen molar-refractivity contribution >= 4 is 39.5 Å². The molecule has 29 heavy (non-hydrogen) atoms. The second-order valence-corrected chi connectivity index (χ2v) is 8.90. The first-order chi connectivity index (χ1) is 13.7. The fourth-order valence-corrected chi connectivity index (χ4v) is 3.68. The first-order valence-corrected chi connectivity index (χ1v) is 10.3. The number of carbonyl (C=O) groups is 3. The number of nitrogens with zero attached hydrogens (tertiary/aromatic N) is 1. The Morgan fingerprint density at radius 1 is 1.03 bits per heavy atom. The topological polar surface area (TPSA) is 78.5 Å². The zero-order chi connectivity index (χ0) is 21.2. The van der Waals surface area contributed by atoms with Gasteiger partial charge in [-0.25, -0.2) is 4.79 Å². The molecule has 2 aromatic rings. The van der Waals surface area contributed by atoms with E-state index in [-0.39, 0.29) is 29.8 Å². The second kappa shape index (κ2) is 8.37. The molecule has 0 unspecified atom stereocenters. The van der Waals surface area contributed by atoms with Crippen LogP contribution >= 0.6 is 15.9 Å². The van der Waals surface area contributed by atoms with E-state index >= 15 is 0 Å². The van der Waals surface area contributed by atoms with Crippen molar-refractivity contribution in [3.63, 3.8) is 0 Å². The summed E-state index contributed by atoms with van der Waals surface area (Å²) in [5, 5.41) is 5.67. The number of hydrogen-bond acceptors (Lipinski definition) is 3. The van der Waals surface area contributed by atoms with Gasteiger partial charge in [-0.3, -0.25) is 14.5 Å². The predicted molar refractivity (Wildman–Crippen MR) is 116 cm³/mol. The number of benzene rings is 2. The highest BCUT2D eigenvalue weighted by atomic mass is 79.9. The quantitative estimate of drug-likeness (QED) is 0.510.